The van der Waals surface area contributed by atoms with E-state index in [4.69, 9.17) is 11.5 Å². The van der Waals surface area contributed by atoms with E-state index in [1.807, 2.05) is 38.1 Å². The molecule has 9 N–H and O–H groups in total. The number of para-hydroxylation sites is 1. The number of amides is 3. The molecule has 0 bridgehead atoms. The topological polar surface area (TPSA) is 192 Å². The number of carboxylic acid groups (broad SMARTS) is 1. The van der Waals surface area contributed by atoms with Crippen LogP contribution in [0, 0.1) is 11.8 Å². The van der Waals surface area contributed by atoms with E-state index < -0.39 is 47.9 Å². The van der Waals surface area contributed by atoms with Crippen LogP contribution < -0.4 is 27.4 Å². The first-order valence-corrected chi connectivity index (χ1v) is 13.6. The van der Waals surface area contributed by atoms with E-state index in [0.717, 1.165) is 22.9 Å². The minimum absolute atomic E-state index is 0.0287. The highest BCUT2D eigenvalue weighted by molar-refractivity contribution is 5.95. The lowest BCUT2D eigenvalue weighted by atomic mass is 9.99. The number of H-pyrrole nitrogens is 1. The van der Waals surface area contributed by atoms with Gasteiger partial charge in [-0.2, -0.15) is 0 Å². The van der Waals surface area contributed by atoms with Gasteiger partial charge in [-0.1, -0.05) is 52.3 Å². The molecule has 1 heterocycles. The Morgan fingerprint density at radius 3 is 2.18 bits per heavy atom. The molecule has 11 heteroatoms. The second-order valence-corrected chi connectivity index (χ2v) is 10.8. The highest BCUT2D eigenvalue weighted by atomic mass is 16.4. The molecule has 2 aromatic rings. The number of fused-ring (bicyclic) bond motifs is 1. The van der Waals surface area contributed by atoms with Gasteiger partial charge in [0.1, 0.15) is 18.1 Å². The van der Waals surface area contributed by atoms with Gasteiger partial charge in [0.2, 0.25) is 17.7 Å². The monoisotopic (exact) mass is 544 g/mol. The molecule has 39 heavy (non-hydrogen) atoms. The number of aromatic nitrogens is 1. The average Bonchev–Trinajstić information content (AvgIpc) is 3.28. The van der Waals surface area contributed by atoms with Crippen LogP contribution in [0.2, 0.25) is 0 Å². The summed E-state index contributed by atoms with van der Waals surface area (Å²) in [5.41, 5.74) is 13.3. The number of hydrogen-bond acceptors (Lipinski definition) is 6. The molecule has 0 aliphatic rings. The number of nitrogens with one attached hydrogen (secondary N) is 4. The zero-order valence-electron chi connectivity index (χ0n) is 23.3. The summed E-state index contributed by atoms with van der Waals surface area (Å²) in [5.74, 6) is -3.09. The lowest BCUT2D eigenvalue weighted by Gasteiger charge is -2.27. The van der Waals surface area contributed by atoms with Crippen LogP contribution in [0.4, 0.5) is 0 Å². The summed E-state index contributed by atoms with van der Waals surface area (Å²) in [4.78, 5) is 54.4. The number of nitrogens with two attached hydrogens (primary N) is 2. The maximum absolute atomic E-state index is 13.6. The van der Waals surface area contributed by atoms with Crippen molar-refractivity contribution in [2.75, 3.05) is 6.54 Å². The molecule has 0 saturated heterocycles. The Morgan fingerprint density at radius 2 is 1.56 bits per heavy atom. The van der Waals surface area contributed by atoms with Crippen LogP contribution in [0.5, 0.6) is 0 Å². The van der Waals surface area contributed by atoms with Crippen LogP contribution in [0.3, 0.4) is 0 Å². The van der Waals surface area contributed by atoms with E-state index in [1.165, 1.54) is 0 Å². The number of hydrogen-bond donors (Lipinski definition) is 7. The summed E-state index contributed by atoms with van der Waals surface area (Å²) >= 11 is 0. The van der Waals surface area contributed by atoms with Crippen molar-refractivity contribution in [3.63, 3.8) is 0 Å². The molecular weight excluding hydrogens is 500 g/mol. The fourth-order valence-electron chi connectivity index (χ4n) is 4.39. The number of carbonyl (C=O) groups excluding carboxylic acids is 3. The van der Waals surface area contributed by atoms with Crippen molar-refractivity contribution in [1.82, 2.24) is 20.9 Å². The second kappa shape index (κ2) is 15.2. The number of aromatic amines is 1. The Bertz CT molecular complexity index is 1110. The van der Waals surface area contributed by atoms with Gasteiger partial charge >= 0.3 is 5.97 Å². The Hall–Kier alpha value is -3.44. The molecule has 0 saturated carbocycles. The first-order chi connectivity index (χ1) is 18.4. The fraction of sp³-hybridized carbons (Fsp3) is 0.571. The smallest absolute Gasteiger partial charge is 0.326 e. The van der Waals surface area contributed by atoms with Crippen LogP contribution >= 0.6 is 0 Å². The van der Waals surface area contributed by atoms with Gasteiger partial charge in [-0.05, 0) is 49.3 Å². The normalized spacial score (nSPS) is 14.6. The molecular formula is C28H44N6O5. The minimum Gasteiger partial charge on any atom is -0.480 e. The standard InChI is InChI=1S/C28H44N6O5/c1-16(2)13-22(27(37)34-24(17(3)4)28(38)39)33-26(36)23(32-25(35)20(30)10-7-8-12-29)14-18-15-31-21-11-6-5-9-19(18)21/h5-6,9,11,15-17,20,22-24,31H,7-8,10,12-14,29-30H2,1-4H3,(H,32,35)(H,33,36)(H,34,37)(H,38,39). The summed E-state index contributed by atoms with van der Waals surface area (Å²) in [6, 6.07) is 3.70. The molecule has 11 nitrogen and oxygen atoms in total. The number of carbonyl (C=O) groups is 4. The molecule has 0 fully saturated rings. The molecule has 216 valence electrons. The van der Waals surface area contributed by atoms with Crippen LogP contribution in [0.25, 0.3) is 10.9 Å². The van der Waals surface area contributed by atoms with E-state index in [1.54, 1.807) is 20.0 Å². The number of carboxylic acids is 1. The Kier molecular flexibility index (Phi) is 12.4. The van der Waals surface area contributed by atoms with E-state index in [9.17, 15) is 24.3 Å². The molecule has 4 atom stereocenters. The lowest BCUT2D eigenvalue weighted by Crippen LogP contribution is -2.58. The molecule has 1 aromatic carbocycles. The summed E-state index contributed by atoms with van der Waals surface area (Å²) in [6.07, 6.45) is 4.08. The van der Waals surface area contributed by atoms with Crippen molar-refractivity contribution in [2.45, 2.75) is 84.0 Å². The van der Waals surface area contributed by atoms with Crippen LogP contribution in [0.1, 0.15) is 58.9 Å². The van der Waals surface area contributed by atoms with Crippen LogP contribution in [0.15, 0.2) is 30.5 Å². The van der Waals surface area contributed by atoms with Gasteiger partial charge in [0, 0.05) is 23.5 Å². The highest BCUT2D eigenvalue weighted by Crippen LogP contribution is 2.19. The van der Waals surface area contributed by atoms with Crippen molar-refractivity contribution < 1.29 is 24.3 Å². The van der Waals surface area contributed by atoms with Crippen molar-refractivity contribution >= 4 is 34.6 Å². The second-order valence-electron chi connectivity index (χ2n) is 10.8. The summed E-state index contributed by atoms with van der Waals surface area (Å²) in [7, 11) is 0. The summed E-state index contributed by atoms with van der Waals surface area (Å²) in [5, 5.41) is 18.5. The maximum atomic E-state index is 13.6. The largest absolute Gasteiger partial charge is 0.480 e. The molecule has 2 rings (SSSR count). The number of rotatable bonds is 16. The van der Waals surface area contributed by atoms with E-state index in [2.05, 4.69) is 20.9 Å². The summed E-state index contributed by atoms with van der Waals surface area (Å²) < 4.78 is 0. The molecule has 4 unspecified atom stereocenters. The maximum Gasteiger partial charge on any atom is 0.326 e. The summed E-state index contributed by atoms with van der Waals surface area (Å²) in [6.45, 7) is 7.68. The first-order valence-electron chi connectivity index (χ1n) is 13.6. The van der Waals surface area contributed by atoms with Crippen LogP contribution in [-0.2, 0) is 25.6 Å². The highest BCUT2D eigenvalue weighted by Gasteiger charge is 2.32. The van der Waals surface area contributed by atoms with Crippen molar-refractivity contribution in [3.8, 4) is 0 Å². The molecule has 0 radical (unpaired) electrons. The number of unbranched alkanes of at least 4 members (excludes halogenated alkanes) is 1. The fourth-order valence-corrected chi connectivity index (χ4v) is 4.39. The quantitative estimate of drug-likeness (QED) is 0.155. The molecule has 0 spiro atoms. The van der Waals surface area contributed by atoms with Gasteiger partial charge < -0.3 is 37.5 Å². The SMILES string of the molecule is CC(C)CC(NC(=O)C(Cc1c[nH]c2ccccc12)NC(=O)C(N)CCCCN)C(=O)NC(C(=O)O)C(C)C. The number of benzene rings is 1. The van der Waals surface area contributed by atoms with E-state index in [-0.39, 0.29) is 24.7 Å². The zero-order valence-corrected chi connectivity index (χ0v) is 23.3. The average molecular weight is 545 g/mol. The minimum atomic E-state index is -1.15. The molecule has 0 aliphatic carbocycles. The van der Waals surface area contributed by atoms with Crippen molar-refractivity contribution in [3.05, 3.63) is 36.0 Å². The van der Waals surface area contributed by atoms with Gasteiger partial charge in [0.25, 0.3) is 0 Å². The number of aliphatic carboxylic acids is 1. The van der Waals surface area contributed by atoms with E-state index in [0.29, 0.717) is 19.4 Å². The van der Waals surface area contributed by atoms with Gasteiger partial charge in [0.05, 0.1) is 6.04 Å². The van der Waals surface area contributed by atoms with Gasteiger partial charge in [-0.3, -0.25) is 14.4 Å². The lowest BCUT2D eigenvalue weighted by molar-refractivity contribution is -0.143. The Balaban J connectivity index is 2.28. The van der Waals surface area contributed by atoms with Gasteiger partial charge in [-0.15, -0.1) is 0 Å². The molecule has 1 aromatic heterocycles. The third-order valence-electron chi connectivity index (χ3n) is 6.61. The van der Waals surface area contributed by atoms with Crippen molar-refractivity contribution in [2.24, 2.45) is 23.3 Å². The third kappa shape index (κ3) is 9.67. The third-order valence-corrected chi connectivity index (χ3v) is 6.61. The van der Waals surface area contributed by atoms with Crippen molar-refractivity contribution in [1.29, 1.82) is 0 Å². The Labute approximate surface area is 229 Å². The predicted octanol–water partition coefficient (Wildman–Crippen LogP) is 1.41. The molecule has 3 amide bonds. The predicted molar refractivity (Wildman–Crippen MR) is 151 cm³/mol. The van der Waals surface area contributed by atoms with Crippen LogP contribution in [-0.4, -0.2) is 64.5 Å². The van der Waals surface area contributed by atoms with Gasteiger partial charge in [0.15, 0.2) is 0 Å². The Morgan fingerprint density at radius 1 is 0.923 bits per heavy atom. The first kappa shape index (κ1) is 31.8. The van der Waals surface area contributed by atoms with Gasteiger partial charge in [-0.25, -0.2) is 4.79 Å². The molecule has 0 aliphatic heterocycles. The van der Waals surface area contributed by atoms with E-state index >= 15 is 0 Å². The zero-order chi connectivity index (χ0) is 29.1.